The normalized spacial score (nSPS) is 22.3. The van der Waals surface area contributed by atoms with Gasteiger partial charge in [-0.15, -0.1) is 0 Å². The summed E-state index contributed by atoms with van der Waals surface area (Å²) in [5, 5.41) is 5.90. The molecule has 1 saturated carbocycles. The molecule has 0 aliphatic heterocycles. The summed E-state index contributed by atoms with van der Waals surface area (Å²) in [4.78, 5) is 23.3. The van der Waals surface area contributed by atoms with Gasteiger partial charge in [0.05, 0.1) is 0 Å². The summed E-state index contributed by atoms with van der Waals surface area (Å²) in [6, 6.07) is 0.232. The van der Waals surface area contributed by atoms with Crippen LogP contribution in [0.25, 0.3) is 0 Å². The molecule has 1 rings (SSSR count). The van der Waals surface area contributed by atoms with Crippen molar-refractivity contribution in [3.8, 4) is 0 Å². The van der Waals surface area contributed by atoms with E-state index in [0.29, 0.717) is 38.3 Å². The van der Waals surface area contributed by atoms with Crippen LogP contribution < -0.4 is 16.4 Å². The molecule has 1 aliphatic carbocycles. The quantitative estimate of drug-likeness (QED) is 0.628. The fraction of sp³-hybridized carbons (Fsp3) is 0.867. The molecule has 0 aromatic heterocycles. The first-order chi connectivity index (χ1) is 9.67. The first kappa shape index (κ1) is 17.0. The maximum Gasteiger partial charge on any atom is 0.220 e. The van der Waals surface area contributed by atoms with Crippen LogP contribution >= 0.6 is 0 Å². The van der Waals surface area contributed by atoms with Crippen molar-refractivity contribution in [2.24, 2.45) is 11.7 Å². The van der Waals surface area contributed by atoms with E-state index >= 15 is 0 Å². The van der Waals surface area contributed by atoms with E-state index in [0.717, 1.165) is 19.3 Å². The van der Waals surface area contributed by atoms with Crippen molar-refractivity contribution in [2.45, 2.75) is 64.3 Å². The van der Waals surface area contributed by atoms with Gasteiger partial charge >= 0.3 is 0 Å². The monoisotopic (exact) mass is 283 g/mol. The molecule has 0 saturated heterocycles. The number of hydrogen-bond acceptors (Lipinski definition) is 3. The number of hydrogen-bond donors (Lipinski definition) is 3. The Labute approximate surface area is 122 Å². The van der Waals surface area contributed by atoms with Crippen LogP contribution in [0.5, 0.6) is 0 Å². The van der Waals surface area contributed by atoms with Gasteiger partial charge in [0.1, 0.15) is 0 Å². The molecule has 5 nitrogen and oxygen atoms in total. The first-order valence-electron chi connectivity index (χ1n) is 7.93. The van der Waals surface area contributed by atoms with E-state index in [-0.39, 0.29) is 17.9 Å². The zero-order chi connectivity index (χ0) is 14.8. The third-order valence-electron chi connectivity index (χ3n) is 3.94. The van der Waals surface area contributed by atoms with Crippen molar-refractivity contribution in [2.75, 3.05) is 13.1 Å². The largest absolute Gasteiger partial charge is 0.356 e. The molecular formula is C15H29N3O2. The van der Waals surface area contributed by atoms with E-state index in [9.17, 15) is 9.59 Å². The molecule has 0 spiro atoms. The highest BCUT2D eigenvalue weighted by atomic mass is 16.2. The van der Waals surface area contributed by atoms with E-state index < -0.39 is 0 Å². The van der Waals surface area contributed by atoms with Gasteiger partial charge in [0.25, 0.3) is 0 Å². The molecule has 0 aromatic carbocycles. The molecule has 0 heterocycles. The van der Waals surface area contributed by atoms with Crippen LogP contribution in [0.15, 0.2) is 0 Å². The van der Waals surface area contributed by atoms with Crippen LogP contribution in [-0.2, 0) is 9.59 Å². The molecule has 2 atom stereocenters. The lowest BCUT2D eigenvalue weighted by Crippen LogP contribution is -2.44. The van der Waals surface area contributed by atoms with Crippen molar-refractivity contribution in [1.29, 1.82) is 0 Å². The summed E-state index contributed by atoms with van der Waals surface area (Å²) in [6.45, 7) is 3.38. The number of nitrogens with one attached hydrogen (secondary N) is 2. The van der Waals surface area contributed by atoms with Crippen molar-refractivity contribution in [3.05, 3.63) is 0 Å². The van der Waals surface area contributed by atoms with Crippen LogP contribution in [0.4, 0.5) is 0 Å². The van der Waals surface area contributed by atoms with E-state index in [4.69, 9.17) is 5.73 Å². The Morgan fingerprint density at radius 3 is 2.55 bits per heavy atom. The second-order valence-corrected chi connectivity index (χ2v) is 5.66. The van der Waals surface area contributed by atoms with Crippen LogP contribution in [0.1, 0.15) is 58.3 Å². The molecule has 116 valence electrons. The Hall–Kier alpha value is -1.10. The molecule has 2 unspecified atom stereocenters. The summed E-state index contributed by atoms with van der Waals surface area (Å²) in [5.74, 6) is 0.511. The fourth-order valence-corrected chi connectivity index (χ4v) is 2.72. The maximum absolute atomic E-state index is 11.9. The van der Waals surface area contributed by atoms with E-state index in [1.54, 1.807) is 0 Å². The minimum atomic E-state index is 0.0390. The van der Waals surface area contributed by atoms with Crippen molar-refractivity contribution < 1.29 is 9.59 Å². The molecule has 2 amide bonds. The number of rotatable bonds is 8. The first-order valence-corrected chi connectivity index (χ1v) is 7.93. The summed E-state index contributed by atoms with van der Waals surface area (Å²) < 4.78 is 0. The second kappa shape index (κ2) is 9.75. The molecule has 0 aromatic rings. The van der Waals surface area contributed by atoms with Gasteiger partial charge in [-0.05, 0) is 38.1 Å². The molecule has 1 fully saturated rings. The molecule has 20 heavy (non-hydrogen) atoms. The van der Waals surface area contributed by atoms with Crippen LogP contribution in [0.2, 0.25) is 0 Å². The van der Waals surface area contributed by atoms with E-state index in [2.05, 4.69) is 10.6 Å². The Kier molecular flexibility index (Phi) is 8.26. The van der Waals surface area contributed by atoms with Gasteiger partial charge in [-0.1, -0.05) is 19.8 Å². The maximum atomic E-state index is 11.9. The summed E-state index contributed by atoms with van der Waals surface area (Å²) in [5.41, 5.74) is 5.75. The second-order valence-electron chi connectivity index (χ2n) is 5.66. The average molecular weight is 283 g/mol. The van der Waals surface area contributed by atoms with Gasteiger partial charge in [0.2, 0.25) is 11.8 Å². The Morgan fingerprint density at radius 2 is 1.85 bits per heavy atom. The zero-order valence-corrected chi connectivity index (χ0v) is 12.6. The standard InChI is InChI=1S/C15H29N3O2/c1-2-10-17-14(19)8-5-9-15(20)18-13-7-4-3-6-12(13)11-16/h12-13H,2-11,16H2,1H3,(H,17,19)(H,18,20). The number of carbonyl (C=O) groups is 2. The minimum absolute atomic E-state index is 0.0390. The number of carbonyl (C=O) groups excluding carboxylic acids is 2. The van der Waals surface area contributed by atoms with Crippen molar-refractivity contribution in [1.82, 2.24) is 10.6 Å². The topological polar surface area (TPSA) is 84.2 Å². The summed E-state index contributed by atoms with van der Waals surface area (Å²) in [6.07, 6.45) is 6.93. The number of amides is 2. The predicted octanol–water partition coefficient (Wildman–Crippen LogP) is 1.32. The number of nitrogens with two attached hydrogens (primary N) is 1. The molecule has 5 heteroatoms. The Morgan fingerprint density at radius 1 is 1.15 bits per heavy atom. The van der Waals surface area contributed by atoms with E-state index in [1.165, 1.54) is 12.8 Å². The van der Waals surface area contributed by atoms with Gasteiger partial charge in [0.15, 0.2) is 0 Å². The SMILES string of the molecule is CCCNC(=O)CCCC(=O)NC1CCCCC1CN. The smallest absolute Gasteiger partial charge is 0.220 e. The molecular weight excluding hydrogens is 254 g/mol. The lowest BCUT2D eigenvalue weighted by Gasteiger charge is -2.31. The zero-order valence-electron chi connectivity index (χ0n) is 12.6. The Balaban J connectivity index is 2.17. The van der Waals surface area contributed by atoms with Gasteiger partial charge in [-0.3, -0.25) is 9.59 Å². The molecule has 1 aliphatic rings. The van der Waals surface area contributed by atoms with Crippen LogP contribution in [-0.4, -0.2) is 30.9 Å². The predicted molar refractivity (Wildman–Crippen MR) is 80.1 cm³/mol. The molecule has 0 radical (unpaired) electrons. The highest BCUT2D eigenvalue weighted by molar-refractivity contribution is 5.79. The minimum Gasteiger partial charge on any atom is -0.356 e. The van der Waals surface area contributed by atoms with Crippen molar-refractivity contribution in [3.63, 3.8) is 0 Å². The van der Waals surface area contributed by atoms with E-state index in [1.807, 2.05) is 6.92 Å². The van der Waals surface area contributed by atoms with Crippen LogP contribution in [0.3, 0.4) is 0 Å². The lowest BCUT2D eigenvalue weighted by molar-refractivity contribution is -0.123. The average Bonchev–Trinajstić information content (AvgIpc) is 2.45. The van der Waals surface area contributed by atoms with Crippen LogP contribution in [0, 0.1) is 5.92 Å². The summed E-state index contributed by atoms with van der Waals surface area (Å²) >= 11 is 0. The van der Waals surface area contributed by atoms with Gasteiger partial charge in [-0.25, -0.2) is 0 Å². The third-order valence-corrected chi connectivity index (χ3v) is 3.94. The highest BCUT2D eigenvalue weighted by Crippen LogP contribution is 2.23. The van der Waals surface area contributed by atoms with Crippen molar-refractivity contribution >= 4 is 11.8 Å². The highest BCUT2D eigenvalue weighted by Gasteiger charge is 2.24. The van der Waals surface area contributed by atoms with Gasteiger partial charge < -0.3 is 16.4 Å². The Bertz CT molecular complexity index is 307. The lowest BCUT2D eigenvalue weighted by atomic mass is 9.84. The fourth-order valence-electron chi connectivity index (χ4n) is 2.72. The summed E-state index contributed by atoms with van der Waals surface area (Å²) in [7, 11) is 0. The van der Waals surface area contributed by atoms with Gasteiger partial charge in [-0.2, -0.15) is 0 Å². The van der Waals surface area contributed by atoms with Gasteiger partial charge in [0, 0.05) is 25.4 Å². The molecule has 4 N–H and O–H groups in total. The third kappa shape index (κ3) is 6.37. The molecule has 0 bridgehead atoms.